The van der Waals surface area contributed by atoms with Crippen molar-refractivity contribution in [3.8, 4) is 5.75 Å². The van der Waals surface area contributed by atoms with Crippen molar-refractivity contribution in [2.24, 2.45) is 0 Å². The zero-order valence-electron chi connectivity index (χ0n) is 22.9. The molecular weight excluding hydrogens is 502 g/mol. The molecule has 1 N–H and O–H groups in total. The summed E-state index contributed by atoms with van der Waals surface area (Å²) in [6, 6.07) is 11.6. The molecule has 0 radical (unpaired) electrons. The number of likely N-dealkylation sites (tertiary alicyclic amines) is 1. The molecule has 4 rings (SSSR count). The number of rotatable bonds is 11. The quantitative estimate of drug-likeness (QED) is 0.464. The van der Waals surface area contributed by atoms with E-state index in [4.69, 9.17) is 9.47 Å². The molecule has 0 saturated carbocycles. The number of sulfonamides is 1. The molecule has 1 unspecified atom stereocenters. The van der Waals surface area contributed by atoms with Gasteiger partial charge >= 0.3 is 0 Å². The first-order valence-corrected chi connectivity index (χ1v) is 15.0. The molecule has 2 aliphatic heterocycles. The lowest BCUT2D eigenvalue weighted by Gasteiger charge is -2.26. The molecule has 208 valence electrons. The van der Waals surface area contributed by atoms with Crippen LogP contribution in [-0.2, 0) is 32.6 Å². The van der Waals surface area contributed by atoms with Crippen LogP contribution in [0.15, 0.2) is 41.3 Å². The van der Waals surface area contributed by atoms with Gasteiger partial charge in [-0.25, -0.2) is 8.42 Å². The maximum atomic E-state index is 13.5. The molecule has 0 aliphatic carbocycles. The van der Waals surface area contributed by atoms with Crippen LogP contribution in [0, 0.1) is 13.8 Å². The Morgan fingerprint density at radius 2 is 1.63 bits per heavy atom. The number of hydrogen-bond donors (Lipinski definition) is 1. The monoisotopic (exact) mass is 543 g/mol. The summed E-state index contributed by atoms with van der Waals surface area (Å²) >= 11 is 0. The van der Waals surface area contributed by atoms with Gasteiger partial charge in [-0.3, -0.25) is 9.69 Å². The van der Waals surface area contributed by atoms with Crippen LogP contribution in [-0.4, -0.2) is 69.5 Å². The van der Waals surface area contributed by atoms with Crippen molar-refractivity contribution in [1.82, 2.24) is 14.5 Å². The van der Waals surface area contributed by atoms with Crippen LogP contribution in [0.2, 0.25) is 0 Å². The molecule has 9 heteroatoms. The lowest BCUT2D eigenvalue weighted by atomic mass is 10.1. The molecule has 0 bridgehead atoms. The second-order valence-electron chi connectivity index (χ2n) is 10.4. The highest BCUT2D eigenvalue weighted by atomic mass is 32.2. The fourth-order valence-electron chi connectivity index (χ4n) is 5.52. The third kappa shape index (κ3) is 7.14. The number of nitrogens with one attached hydrogen (secondary N) is 1. The van der Waals surface area contributed by atoms with E-state index in [1.165, 1.54) is 42.2 Å². The van der Waals surface area contributed by atoms with Crippen molar-refractivity contribution in [3.63, 3.8) is 0 Å². The Hall–Kier alpha value is -2.46. The van der Waals surface area contributed by atoms with Gasteiger partial charge in [0.15, 0.2) is 0 Å². The smallest absolute Gasteiger partial charge is 0.246 e. The van der Waals surface area contributed by atoms with E-state index in [1.54, 1.807) is 33.1 Å². The van der Waals surface area contributed by atoms with E-state index < -0.39 is 10.0 Å². The van der Waals surface area contributed by atoms with E-state index >= 15 is 0 Å². The van der Waals surface area contributed by atoms with Crippen LogP contribution in [0.4, 0.5) is 0 Å². The molecule has 2 aliphatic rings. The van der Waals surface area contributed by atoms with Crippen LogP contribution in [0.1, 0.15) is 54.4 Å². The standard InChI is InChI=1S/C29H41N3O5S/c1-22-16-27(36-3)17-23(2)29(22)38(34,35)32-15-7-8-26(32)20-37-21-28(33)30-18-24-9-11-25(12-10-24)19-31-13-5-4-6-14-31/h9-12,16-17,26H,4-8,13-15,18-21H2,1-3H3,(H,30,33). The maximum Gasteiger partial charge on any atom is 0.246 e. The number of piperidine rings is 1. The number of benzene rings is 2. The number of carbonyl (C=O) groups excluding carboxylic acids is 1. The van der Waals surface area contributed by atoms with E-state index in [-0.39, 0.29) is 25.2 Å². The topological polar surface area (TPSA) is 88.2 Å². The van der Waals surface area contributed by atoms with Gasteiger partial charge in [-0.2, -0.15) is 4.31 Å². The zero-order chi connectivity index (χ0) is 27.1. The number of ether oxygens (including phenoxy) is 2. The summed E-state index contributed by atoms with van der Waals surface area (Å²) in [5.74, 6) is 0.427. The summed E-state index contributed by atoms with van der Waals surface area (Å²) in [7, 11) is -2.12. The number of amides is 1. The maximum absolute atomic E-state index is 13.5. The fourth-order valence-corrected chi connectivity index (χ4v) is 7.62. The highest BCUT2D eigenvalue weighted by Gasteiger charge is 2.37. The normalized spacial score (nSPS) is 19.0. The van der Waals surface area contributed by atoms with Crippen LogP contribution in [0.3, 0.4) is 0 Å². The van der Waals surface area contributed by atoms with E-state index in [2.05, 4.69) is 34.5 Å². The molecule has 0 spiro atoms. The lowest BCUT2D eigenvalue weighted by molar-refractivity contribution is -0.126. The molecule has 2 saturated heterocycles. The van der Waals surface area contributed by atoms with Gasteiger partial charge in [-0.1, -0.05) is 30.7 Å². The van der Waals surface area contributed by atoms with E-state index in [0.29, 0.717) is 41.3 Å². The predicted molar refractivity (Wildman–Crippen MR) is 148 cm³/mol. The zero-order valence-corrected chi connectivity index (χ0v) is 23.7. The average Bonchev–Trinajstić information content (AvgIpc) is 3.38. The molecule has 2 aromatic carbocycles. The minimum Gasteiger partial charge on any atom is -0.497 e. The first-order chi connectivity index (χ1) is 18.3. The van der Waals surface area contributed by atoms with Crippen molar-refractivity contribution in [1.29, 1.82) is 0 Å². The molecule has 2 heterocycles. The Morgan fingerprint density at radius 1 is 0.974 bits per heavy atom. The van der Waals surface area contributed by atoms with Gasteiger partial charge in [-0.15, -0.1) is 0 Å². The predicted octanol–water partition coefficient (Wildman–Crippen LogP) is 3.78. The van der Waals surface area contributed by atoms with Crippen LogP contribution < -0.4 is 10.1 Å². The summed E-state index contributed by atoms with van der Waals surface area (Å²) in [6.45, 7) is 7.86. The first kappa shape index (κ1) is 28.5. The minimum atomic E-state index is -3.69. The first-order valence-electron chi connectivity index (χ1n) is 13.6. The van der Waals surface area contributed by atoms with E-state index in [9.17, 15) is 13.2 Å². The van der Waals surface area contributed by atoms with Gasteiger partial charge < -0.3 is 14.8 Å². The number of aryl methyl sites for hydroxylation is 2. The third-order valence-electron chi connectivity index (χ3n) is 7.47. The highest BCUT2D eigenvalue weighted by molar-refractivity contribution is 7.89. The molecule has 1 amide bonds. The Balaban J connectivity index is 1.24. The molecule has 2 fully saturated rings. The second kappa shape index (κ2) is 13.1. The second-order valence-corrected chi connectivity index (χ2v) is 12.3. The Bertz CT molecular complexity index is 1170. The summed E-state index contributed by atoms with van der Waals surface area (Å²) in [5, 5.41) is 2.90. The summed E-state index contributed by atoms with van der Waals surface area (Å²) in [6.07, 6.45) is 5.37. The Kier molecular flexibility index (Phi) is 9.81. The third-order valence-corrected chi connectivity index (χ3v) is 9.73. The molecule has 38 heavy (non-hydrogen) atoms. The number of hydrogen-bond acceptors (Lipinski definition) is 6. The Morgan fingerprint density at radius 3 is 2.29 bits per heavy atom. The van der Waals surface area contributed by atoms with E-state index in [1.807, 2.05) is 0 Å². The molecular formula is C29H41N3O5S. The van der Waals surface area contributed by atoms with Crippen LogP contribution in [0.5, 0.6) is 5.75 Å². The summed E-state index contributed by atoms with van der Waals surface area (Å²) in [5.41, 5.74) is 3.65. The van der Waals surface area contributed by atoms with Crippen molar-refractivity contribution >= 4 is 15.9 Å². The van der Waals surface area contributed by atoms with Gasteiger partial charge in [-0.05, 0) is 87.0 Å². The number of nitrogens with zero attached hydrogens (tertiary/aromatic N) is 2. The van der Waals surface area contributed by atoms with Crippen molar-refractivity contribution in [2.45, 2.75) is 70.0 Å². The van der Waals surface area contributed by atoms with Crippen molar-refractivity contribution < 1.29 is 22.7 Å². The molecule has 1 atom stereocenters. The average molecular weight is 544 g/mol. The molecule has 2 aromatic rings. The molecule has 0 aromatic heterocycles. The molecule has 8 nitrogen and oxygen atoms in total. The minimum absolute atomic E-state index is 0.0992. The fraction of sp³-hybridized carbons (Fsp3) is 0.552. The van der Waals surface area contributed by atoms with Gasteiger partial charge in [0.1, 0.15) is 12.4 Å². The Labute approximate surface area is 227 Å². The van der Waals surface area contributed by atoms with Gasteiger partial charge in [0.2, 0.25) is 15.9 Å². The summed E-state index contributed by atoms with van der Waals surface area (Å²) in [4.78, 5) is 15.2. The number of carbonyl (C=O) groups is 1. The van der Waals surface area contributed by atoms with Gasteiger partial charge in [0.25, 0.3) is 0 Å². The van der Waals surface area contributed by atoms with Gasteiger partial charge in [0, 0.05) is 25.7 Å². The van der Waals surface area contributed by atoms with Gasteiger partial charge in [0.05, 0.1) is 18.6 Å². The van der Waals surface area contributed by atoms with Crippen LogP contribution >= 0.6 is 0 Å². The lowest BCUT2D eigenvalue weighted by Crippen LogP contribution is -2.39. The highest BCUT2D eigenvalue weighted by Crippen LogP contribution is 2.32. The number of methoxy groups -OCH3 is 1. The van der Waals surface area contributed by atoms with Crippen molar-refractivity contribution in [3.05, 3.63) is 58.7 Å². The van der Waals surface area contributed by atoms with Crippen LogP contribution in [0.25, 0.3) is 0 Å². The van der Waals surface area contributed by atoms with Crippen molar-refractivity contribution in [2.75, 3.05) is 40.0 Å². The largest absolute Gasteiger partial charge is 0.497 e. The SMILES string of the molecule is COc1cc(C)c(S(=O)(=O)N2CCCC2COCC(=O)NCc2ccc(CN3CCCCC3)cc2)c(C)c1. The van der Waals surface area contributed by atoms with E-state index in [0.717, 1.165) is 18.5 Å². The summed E-state index contributed by atoms with van der Waals surface area (Å²) < 4.78 is 39.5.